The Morgan fingerprint density at radius 1 is 1.00 bits per heavy atom. The van der Waals surface area contributed by atoms with Crippen LogP contribution in [0.2, 0.25) is 0 Å². The lowest BCUT2D eigenvalue weighted by Crippen LogP contribution is -2.31. The molecule has 1 fully saturated rings. The van der Waals surface area contributed by atoms with Crippen molar-refractivity contribution in [3.8, 4) is 5.75 Å². The standard InChI is InChI=1S/C29H26N2O4/c1-18-11-13-19(14-12-18)27(32)25-26(22-8-4-6-10-24(22)35-2)31(29(34)28(25)33)16-15-20-17-30-23-9-5-3-7-21(20)23/h3-14,17,26,30,32H,15-16H2,1-2H3/b27-25+. The molecule has 4 aromatic rings. The van der Waals surface area contributed by atoms with E-state index in [4.69, 9.17) is 4.74 Å². The zero-order valence-electron chi connectivity index (χ0n) is 19.6. The van der Waals surface area contributed by atoms with Crippen molar-refractivity contribution < 1.29 is 19.4 Å². The number of hydrogen-bond acceptors (Lipinski definition) is 4. The Balaban J connectivity index is 1.59. The molecule has 5 rings (SSSR count). The van der Waals surface area contributed by atoms with E-state index in [0.29, 0.717) is 29.8 Å². The fourth-order valence-electron chi connectivity index (χ4n) is 4.77. The number of aliphatic hydroxyl groups excluding tert-OH is 1. The number of hydrogen-bond donors (Lipinski definition) is 2. The predicted molar refractivity (Wildman–Crippen MR) is 135 cm³/mol. The summed E-state index contributed by atoms with van der Waals surface area (Å²) >= 11 is 0. The molecule has 1 aromatic heterocycles. The Hall–Kier alpha value is -4.32. The van der Waals surface area contributed by atoms with Gasteiger partial charge >= 0.3 is 0 Å². The van der Waals surface area contributed by atoms with Gasteiger partial charge in [-0.2, -0.15) is 0 Å². The lowest BCUT2D eigenvalue weighted by Gasteiger charge is -2.26. The monoisotopic (exact) mass is 466 g/mol. The van der Waals surface area contributed by atoms with Crippen LogP contribution in [0, 0.1) is 6.92 Å². The van der Waals surface area contributed by atoms with Gasteiger partial charge < -0.3 is 19.7 Å². The van der Waals surface area contributed by atoms with Crippen molar-refractivity contribution in [3.05, 3.63) is 107 Å². The van der Waals surface area contributed by atoms with Gasteiger partial charge in [-0.25, -0.2) is 0 Å². The van der Waals surface area contributed by atoms with Crippen molar-refractivity contribution in [2.24, 2.45) is 0 Å². The molecule has 176 valence electrons. The number of benzene rings is 3. The number of H-pyrrole nitrogens is 1. The number of carbonyl (C=O) groups is 2. The normalized spacial score (nSPS) is 17.3. The van der Waals surface area contributed by atoms with E-state index in [9.17, 15) is 14.7 Å². The molecule has 6 heteroatoms. The maximum absolute atomic E-state index is 13.3. The van der Waals surface area contributed by atoms with E-state index >= 15 is 0 Å². The molecule has 1 aliphatic heterocycles. The number of ketones is 1. The number of nitrogens with one attached hydrogen (secondary N) is 1. The van der Waals surface area contributed by atoms with Gasteiger partial charge in [0.1, 0.15) is 11.5 Å². The van der Waals surface area contributed by atoms with Gasteiger partial charge in [0.15, 0.2) is 0 Å². The van der Waals surface area contributed by atoms with E-state index in [1.165, 1.54) is 0 Å². The highest BCUT2D eigenvalue weighted by Gasteiger charge is 2.46. The number of likely N-dealkylation sites (tertiary alicyclic amines) is 1. The van der Waals surface area contributed by atoms with Crippen LogP contribution in [0.5, 0.6) is 5.75 Å². The molecule has 0 aliphatic carbocycles. The summed E-state index contributed by atoms with van der Waals surface area (Å²) in [7, 11) is 1.55. The quantitative estimate of drug-likeness (QED) is 0.234. The molecule has 1 saturated heterocycles. The van der Waals surface area contributed by atoms with E-state index in [2.05, 4.69) is 4.98 Å². The van der Waals surface area contributed by atoms with Crippen molar-refractivity contribution in [2.75, 3.05) is 13.7 Å². The fraction of sp³-hybridized carbons (Fsp3) is 0.172. The molecular formula is C29H26N2O4. The minimum absolute atomic E-state index is 0.0716. The van der Waals surface area contributed by atoms with Gasteiger partial charge in [0.05, 0.1) is 18.7 Å². The predicted octanol–water partition coefficient (Wildman–Crippen LogP) is 5.15. The Labute approximate surface area is 203 Å². The van der Waals surface area contributed by atoms with Crippen molar-refractivity contribution in [1.82, 2.24) is 9.88 Å². The number of aromatic amines is 1. The average Bonchev–Trinajstić information content (AvgIpc) is 3.41. The number of aryl methyl sites for hydroxylation is 1. The molecule has 0 bridgehead atoms. The topological polar surface area (TPSA) is 82.6 Å². The third kappa shape index (κ3) is 3.97. The Kier molecular flexibility index (Phi) is 5.87. The molecule has 35 heavy (non-hydrogen) atoms. The molecule has 1 atom stereocenters. The number of rotatable bonds is 6. The van der Waals surface area contributed by atoms with Crippen LogP contribution < -0.4 is 4.74 Å². The molecule has 0 saturated carbocycles. The smallest absolute Gasteiger partial charge is 0.295 e. The molecule has 1 aliphatic rings. The van der Waals surface area contributed by atoms with Gasteiger partial charge in [0.25, 0.3) is 11.7 Å². The first-order valence-electron chi connectivity index (χ1n) is 11.5. The Bertz CT molecular complexity index is 1450. The van der Waals surface area contributed by atoms with Crippen LogP contribution in [-0.2, 0) is 16.0 Å². The molecule has 0 radical (unpaired) electrons. The van der Waals surface area contributed by atoms with E-state index in [1.54, 1.807) is 30.2 Å². The second-order valence-corrected chi connectivity index (χ2v) is 8.71. The van der Waals surface area contributed by atoms with Crippen LogP contribution in [0.1, 0.15) is 28.3 Å². The van der Waals surface area contributed by atoms with Crippen molar-refractivity contribution >= 4 is 28.4 Å². The second kappa shape index (κ2) is 9.14. The minimum atomic E-state index is -0.766. The lowest BCUT2D eigenvalue weighted by molar-refractivity contribution is -0.139. The van der Waals surface area contributed by atoms with Crippen LogP contribution in [0.3, 0.4) is 0 Å². The number of carbonyl (C=O) groups excluding carboxylic acids is 2. The number of aliphatic hydroxyl groups is 1. The average molecular weight is 467 g/mol. The number of methoxy groups -OCH3 is 1. The van der Waals surface area contributed by atoms with Gasteiger partial charge in [-0.15, -0.1) is 0 Å². The largest absolute Gasteiger partial charge is 0.507 e. The summed E-state index contributed by atoms with van der Waals surface area (Å²) in [5, 5.41) is 12.3. The Morgan fingerprint density at radius 2 is 1.71 bits per heavy atom. The van der Waals surface area contributed by atoms with Gasteiger partial charge in [0, 0.05) is 34.8 Å². The molecule has 1 amide bonds. The van der Waals surface area contributed by atoms with Gasteiger partial charge in [-0.05, 0) is 31.0 Å². The SMILES string of the molecule is COc1ccccc1C1/C(=C(\O)c2ccc(C)cc2)C(=O)C(=O)N1CCc1c[nH]c2ccccc12. The first-order chi connectivity index (χ1) is 17.0. The highest BCUT2D eigenvalue weighted by atomic mass is 16.5. The molecule has 0 spiro atoms. The van der Waals surface area contributed by atoms with E-state index in [0.717, 1.165) is 22.0 Å². The third-order valence-corrected chi connectivity index (χ3v) is 6.60. The van der Waals surface area contributed by atoms with Gasteiger partial charge in [-0.1, -0.05) is 66.2 Å². The summed E-state index contributed by atoms with van der Waals surface area (Å²) < 4.78 is 5.58. The summed E-state index contributed by atoms with van der Waals surface area (Å²) in [6, 6.07) is 21.7. The van der Waals surface area contributed by atoms with E-state index < -0.39 is 17.7 Å². The zero-order valence-corrected chi connectivity index (χ0v) is 19.6. The summed E-state index contributed by atoms with van der Waals surface area (Å²) in [4.78, 5) is 31.4. The Morgan fingerprint density at radius 3 is 2.49 bits per heavy atom. The molecule has 2 heterocycles. The minimum Gasteiger partial charge on any atom is -0.507 e. The number of para-hydroxylation sites is 2. The molecule has 3 aromatic carbocycles. The van der Waals surface area contributed by atoms with Crippen LogP contribution in [-0.4, -0.2) is 40.3 Å². The van der Waals surface area contributed by atoms with Crippen molar-refractivity contribution in [2.45, 2.75) is 19.4 Å². The second-order valence-electron chi connectivity index (χ2n) is 8.71. The van der Waals surface area contributed by atoms with E-state index in [1.807, 2.05) is 67.7 Å². The highest BCUT2D eigenvalue weighted by molar-refractivity contribution is 6.46. The molecule has 6 nitrogen and oxygen atoms in total. The summed E-state index contributed by atoms with van der Waals surface area (Å²) in [6.45, 7) is 2.25. The van der Waals surface area contributed by atoms with Crippen LogP contribution in [0.15, 0.2) is 84.6 Å². The van der Waals surface area contributed by atoms with Gasteiger partial charge in [0.2, 0.25) is 0 Å². The van der Waals surface area contributed by atoms with Crippen LogP contribution in [0.25, 0.3) is 16.7 Å². The number of aromatic nitrogens is 1. The van der Waals surface area contributed by atoms with Crippen LogP contribution in [0.4, 0.5) is 0 Å². The third-order valence-electron chi connectivity index (χ3n) is 6.60. The first kappa shape index (κ1) is 22.5. The molecule has 1 unspecified atom stereocenters. The molecule has 2 N–H and O–H groups in total. The van der Waals surface area contributed by atoms with Crippen molar-refractivity contribution in [1.29, 1.82) is 0 Å². The fourth-order valence-corrected chi connectivity index (χ4v) is 4.77. The number of fused-ring (bicyclic) bond motifs is 1. The maximum atomic E-state index is 13.3. The first-order valence-corrected chi connectivity index (χ1v) is 11.5. The maximum Gasteiger partial charge on any atom is 0.295 e. The summed E-state index contributed by atoms with van der Waals surface area (Å²) in [5.74, 6) is -0.965. The number of nitrogens with zero attached hydrogens (tertiary/aromatic N) is 1. The highest BCUT2D eigenvalue weighted by Crippen LogP contribution is 2.42. The van der Waals surface area contributed by atoms with E-state index in [-0.39, 0.29) is 11.3 Å². The van der Waals surface area contributed by atoms with Crippen LogP contribution >= 0.6 is 0 Å². The lowest BCUT2D eigenvalue weighted by atomic mass is 9.94. The molecular weight excluding hydrogens is 440 g/mol. The number of ether oxygens (including phenoxy) is 1. The van der Waals surface area contributed by atoms with Gasteiger partial charge in [-0.3, -0.25) is 9.59 Å². The number of amides is 1. The number of Topliss-reactive ketones (excluding diaryl/α,β-unsaturated/α-hetero) is 1. The summed E-state index contributed by atoms with van der Waals surface area (Å²) in [5.41, 5.74) is 4.32. The van der Waals surface area contributed by atoms with Crippen molar-refractivity contribution in [3.63, 3.8) is 0 Å². The summed E-state index contributed by atoms with van der Waals surface area (Å²) in [6.07, 6.45) is 2.49. The zero-order chi connectivity index (χ0) is 24.5.